The molecule has 2 amide bonds. The number of hydrogen-bond donors (Lipinski definition) is 2. The van der Waals surface area contributed by atoms with Crippen molar-refractivity contribution >= 4 is 85.1 Å². The fourth-order valence-corrected chi connectivity index (χ4v) is 10.6. The van der Waals surface area contributed by atoms with Crippen LogP contribution >= 0.6 is 11.6 Å². The molecular weight excluding hydrogens is 1190 g/mol. The van der Waals surface area contributed by atoms with Crippen molar-refractivity contribution in [3.8, 4) is 28.7 Å². The normalized spacial score (nSPS) is 18.1. The van der Waals surface area contributed by atoms with Gasteiger partial charge in [0.15, 0.2) is 41.0 Å². The van der Waals surface area contributed by atoms with E-state index >= 15 is 0 Å². The minimum absolute atomic E-state index is 0.0287. The van der Waals surface area contributed by atoms with Gasteiger partial charge in [-0.05, 0) is 73.4 Å². The van der Waals surface area contributed by atoms with Crippen molar-refractivity contribution in [2.24, 2.45) is 5.11 Å². The Morgan fingerprint density at radius 1 is 0.793 bits per heavy atom. The maximum atomic E-state index is 14.8. The molecule has 7 rings (SSSR count). The van der Waals surface area contributed by atoms with Crippen LogP contribution in [0.4, 0.5) is 5.69 Å². The summed E-state index contributed by atoms with van der Waals surface area (Å²) in [5.74, 6) is -5.69. The number of amides is 2. The highest BCUT2D eigenvalue weighted by Gasteiger charge is 2.54. The van der Waals surface area contributed by atoms with Crippen molar-refractivity contribution in [3.63, 3.8) is 0 Å². The van der Waals surface area contributed by atoms with E-state index in [0.29, 0.717) is 57.5 Å². The number of hydrogen-bond acceptors (Lipinski definition) is 23. The Morgan fingerprint density at radius 3 is 2.14 bits per heavy atom. The predicted octanol–water partition coefficient (Wildman–Crippen LogP) is 5.82. The lowest BCUT2D eigenvalue weighted by Crippen LogP contribution is -2.63. The summed E-state index contributed by atoms with van der Waals surface area (Å²) in [5, 5.41) is 7.55. The molecule has 1 aromatic heterocycles. The summed E-state index contributed by atoms with van der Waals surface area (Å²) >= 11 is 6.66. The molecule has 0 spiro atoms. The number of azide groups is 1. The molecule has 1 fully saturated rings. The molecule has 87 heavy (non-hydrogen) atoms. The molecule has 0 unspecified atom stereocenters. The minimum atomic E-state index is -5.36. The molecule has 0 bridgehead atoms. The average Bonchev–Trinajstić information content (AvgIpc) is 2.05. The number of methoxy groups -OCH3 is 1. The van der Waals surface area contributed by atoms with Crippen molar-refractivity contribution in [1.29, 1.82) is 0 Å². The lowest BCUT2D eigenvalue weighted by molar-refractivity contribution is -0.288. The number of alkyl halides is 1. The molecule has 2 aliphatic heterocycles. The number of rotatable bonds is 31. The Balaban J connectivity index is 1.22. The van der Waals surface area contributed by atoms with E-state index in [9.17, 15) is 37.2 Å². The zero-order valence-electron chi connectivity index (χ0n) is 49.0. The van der Waals surface area contributed by atoms with Gasteiger partial charge in [-0.3, -0.25) is 28.8 Å². The number of aromatic nitrogens is 1. The smallest absolute Gasteiger partial charge is 0.493 e. The van der Waals surface area contributed by atoms with Crippen LogP contribution in [0.1, 0.15) is 65.6 Å². The van der Waals surface area contributed by atoms with Gasteiger partial charge < -0.3 is 80.6 Å². The summed E-state index contributed by atoms with van der Waals surface area (Å²) in [6.07, 6.45) is -8.40. The first-order valence-corrected chi connectivity index (χ1v) is 29.2. The number of aryl methyl sites for hydroxylation is 1. The maximum absolute atomic E-state index is 14.8. The van der Waals surface area contributed by atoms with E-state index in [0.717, 1.165) is 39.8 Å². The van der Waals surface area contributed by atoms with Crippen LogP contribution in [0, 0.1) is 6.92 Å². The SMILES string of the molecule is COc1cc2[nH]c(C(=O)N3C[C@@H](CCl)c4c3cc(OS(=O)(=O)Oc3cc(C(=O)NCCOCCOCCOCCN=[N+]=[N-])ccc3O[C@@H]3O[C@H](COC(C)=O)[C@H](OC(C)=O)[C@H](OC(C)=O)[C@H]3OC(C)=O)c3cccc(C)c43)cc2cc1OCCN(C)C. The number of anilines is 1. The van der Waals surface area contributed by atoms with E-state index in [2.05, 4.69) is 20.3 Å². The van der Waals surface area contributed by atoms with Gasteiger partial charge in [-0.15, -0.1) is 20.0 Å². The molecule has 30 heteroatoms. The molecule has 5 aromatic rings. The van der Waals surface area contributed by atoms with E-state index in [-0.39, 0.29) is 87.8 Å². The van der Waals surface area contributed by atoms with Gasteiger partial charge in [-0.25, -0.2) is 0 Å². The van der Waals surface area contributed by atoms with Gasteiger partial charge in [0, 0.05) is 105 Å². The van der Waals surface area contributed by atoms with Crippen LogP contribution in [0.3, 0.4) is 0 Å². The van der Waals surface area contributed by atoms with E-state index in [1.165, 1.54) is 24.1 Å². The summed E-state index contributed by atoms with van der Waals surface area (Å²) in [5.41, 5.74) is 10.6. The van der Waals surface area contributed by atoms with Gasteiger partial charge in [0.2, 0.25) is 12.4 Å². The van der Waals surface area contributed by atoms with Crippen LogP contribution in [0.25, 0.3) is 32.1 Å². The summed E-state index contributed by atoms with van der Waals surface area (Å²) < 4.78 is 103. The molecule has 0 radical (unpaired) electrons. The molecule has 4 aromatic carbocycles. The molecule has 6 atom stereocenters. The van der Waals surface area contributed by atoms with E-state index < -0.39 is 101 Å². The zero-order valence-corrected chi connectivity index (χ0v) is 50.6. The second-order valence-electron chi connectivity index (χ2n) is 20.0. The number of carbonyl (C=O) groups is 6. The number of fused-ring (bicyclic) bond motifs is 4. The van der Waals surface area contributed by atoms with Crippen LogP contribution in [-0.2, 0) is 67.5 Å². The third-order valence-corrected chi connectivity index (χ3v) is 14.4. The minimum Gasteiger partial charge on any atom is -0.493 e. The number of carbonyl (C=O) groups excluding carboxylic acids is 6. The highest BCUT2D eigenvalue weighted by atomic mass is 35.5. The van der Waals surface area contributed by atoms with E-state index in [1.54, 1.807) is 30.3 Å². The number of likely N-dealkylation sites (N-methyl/N-ethyl adjacent to an activating group) is 1. The molecule has 0 aliphatic carbocycles. The number of benzene rings is 4. The molecule has 1 saturated heterocycles. The molecule has 2 N–H and O–H groups in total. The second-order valence-corrected chi connectivity index (χ2v) is 21.4. The quantitative estimate of drug-likeness (QED) is 0.0100. The van der Waals surface area contributed by atoms with Gasteiger partial charge in [0.1, 0.15) is 25.0 Å². The fraction of sp³-hybridized carbons (Fsp3) is 0.474. The average molecular weight is 1250 g/mol. The lowest BCUT2D eigenvalue weighted by atomic mass is 9.92. The Kier molecular flexibility index (Phi) is 23.6. The van der Waals surface area contributed by atoms with Crippen LogP contribution < -0.4 is 32.8 Å². The van der Waals surface area contributed by atoms with Crippen LogP contribution in [0.5, 0.6) is 28.7 Å². The Labute approximate surface area is 505 Å². The first-order chi connectivity index (χ1) is 41.6. The number of nitrogens with zero attached hydrogens (tertiary/aromatic N) is 5. The molecule has 2 aliphatic rings. The van der Waals surface area contributed by atoms with Gasteiger partial charge in [0.05, 0.1) is 52.4 Å². The zero-order chi connectivity index (χ0) is 63.0. The number of H-pyrrole nitrogens is 1. The number of ether oxygens (including phenoxy) is 11. The molecule has 28 nitrogen and oxygen atoms in total. The predicted molar refractivity (Wildman–Crippen MR) is 311 cm³/mol. The first-order valence-electron chi connectivity index (χ1n) is 27.3. The second kappa shape index (κ2) is 31.0. The largest absolute Gasteiger partial charge is 0.501 e. The van der Waals surface area contributed by atoms with Crippen molar-refractivity contribution in [3.05, 3.63) is 93.5 Å². The highest BCUT2D eigenvalue weighted by Crippen LogP contribution is 2.48. The fourth-order valence-electron chi connectivity index (χ4n) is 9.57. The van der Waals surface area contributed by atoms with Gasteiger partial charge >= 0.3 is 34.3 Å². The summed E-state index contributed by atoms with van der Waals surface area (Å²) in [6.45, 7) is 7.79. The van der Waals surface area contributed by atoms with Crippen LogP contribution in [0.2, 0.25) is 0 Å². The monoisotopic (exact) mass is 1250 g/mol. The van der Waals surface area contributed by atoms with Crippen LogP contribution in [-0.4, -0.2) is 191 Å². The first kappa shape index (κ1) is 66.4. The number of halogens is 1. The molecular formula is C57H68ClN7O21S. The van der Waals surface area contributed by atoms with Crippen LogP contribution in [0.15, 0.2) is 65.8 Å². The molecule has 0 saturated carbocycles. The van der Waals surface area contributed by atoms with Crippen molar-refractivity contribution in [2.75, 3.05) is 111 Å². The maximum Gasteiger partial charge on any atom is 0.501 e. The topological polar surface area (TPSA) is 340 Å². The van der Waals surface area contributed by atoms with E-state index in [1.807, 2.05) is 32.0 Å². The molecule has 470 valence electrons. The van der Waals surface area contributed by atoms with Crippen molar-refractivity contribution in [1.82, 2.24) is 15.2 Å². The molecule has 3 heterocycles. The number of esters is 4. The van der Waals surface area contributed by atoms with Gasteiger partial charge in [-0.2, -0.15) is 0 Å². The summed E-state index contributed by atoms with van der Waals surface area (Å²) in [7, 11) is -0.00563. The van der Waals surface area contributed by atoms with E-state index in [4.69, 9.17) is 77.6 Å². The Hall–Kier alpha value is -8.15. The number of nitrogens with one attached hydrogen (secondary N) is 2. The summed E-state index contributed by atoms with van der Waals surface area (Å²) in [4.78, 5) is 87.7. The van der Waals surface area contributed by atoms with Gasteiger partial charge in [-0.1, -0.05) is 23.3 Å². The van der Waals surface area contributed by atoms with Crippen molar-refractivity contribution in [2.45, 2.75) is 71.2 Å². The van der Waals surface area contributed by atoms with Crippen molar-refractivity contribution < 1.29 is 97.7 Å². The third-order valence-electron chi connectivity index (χ3n) is 13.3. The standard InChI is InChI=1S/C57H68ClN7O21S/c1-32-10-9-11-40-45(28-43-51(50(32)40)39(29-58)30-65(43)56(71)42-24-38-26-47(78-19-16-64(6)7)46(74-8)27-41(38)62-42)85-87(72,73)86-48-25-37(55(70)60-14-17-75-20-22-77-23-21-76-18-15-61-63-59)12-13-44(48)83-57-54(82-36(5)69)53(81-35(4)68)52(80-34(3)67)49(84-57)31-79-33(2)66/h9-13,24-28,39,49,52-54,57,62H,14-23,29-31H2,1-8H3,(H,60,70)/t39-,49-,52+,53+,54-,57-/m1/s1. The third kappa shape index (κ3) is 17.7. The lowest BCUT2D eigenvalue weighted by Gasteiger charge is -2.43. The van der Waals surface area contributed by atoms with Gasteiger partial charge in [0.25, 0.3) is 11.8 Å². The Morgan fingerprint density at radius 2 is 1.47 bits per heavy atom. The summed E-state index contributed by atoms with van der Waals surface area (Å²) in [6, 6.07) is 15.0. The highest BCUT2D eigenvalue weighted by molar-refractivity contribution is 7.82. The Bertz CT molecular complexity index is 3470. The number of aromatic amines is 1.